The van der Waals surface area contributed by atoms with Crippen molar-refractivity contribution >= 4 is 17.7 Å². The van der Waals surface area contributed by atoms with Crippen molar-refractivity contribution in [3.63, 3.8) is 0 Å². The molecule has 11 heavy (non-hydrogen) atoms. The Hall–Kier alpha value is -0.220. The molecule has 1 fully saturated rings. The molecule has 4 heteroatoms. The van der Waals surface area contributed by atoms with Crippen LogP contribution in [0.4, 0.5) is 0 Å². The van der Waals surface area contributed by atoms with E-state index in [0.29, 0.717) is 6.04 Å². The van der Waals surface area contributed by atoms with Gasteiger partial charge in [-0.25, -0.2) is 0 Å². The summed E-state index contributed by atoms with van der Waals surface area (Å²) in [5.74, 6) is 2.35. The Labute approximate surface area is 71.3 Å². The summed E-state index contributed by atoms with van der Waals surface area (Å²) < 4.78 is 0. The van der Waals surface area contributed by atoms with Crippen LogP contribution in [0.3, 0.4) is 0 Å². The first kappa shape index (κ1) is 8.87. The topological polar surface area (TPSA) is 41.1 Å². The fourth-order valence-electron chi connectivity index (χ4n) is 0.978. The van der Waals surface area contributed by atoms with Crippen LogP contribution < -0.4 is 10.6 Å². The first-order valence-corrected chi connectivity index (χ1v) is 4.95. The van der Waals surface area contributed by atoms with Crippen LogP contribution in [0.5, 0.6) is 0 Å². The predicted octanol–water partition coefficient (Wildman–Crippen LogP) is -0.174. The second-order valence-corrected chi connectivity index (χ2v) is 3.81. The zero-order chi connectivity index (χ0) is 8.27. The van der Waals surface area contributed by atoms with E-state index in [4.69, 9.17) is 0 Å². The van der Waals surface area contributed by atoms with Gasteiger partial charge in [0.2, 0.25) is 5.91 Å². The SMILES string of the molecule is CNC(=O)[C@H](C)NC1CSC1. The number of carbonyl (C=O) groups excluding carboxylic acids is 1. The Morgan fingerprint density at radius 2 is 2.27 bits per heavy atom. The molecular formula is C7H14N2OS. The highest BCUT2D eigenvalue weighted by Gasteiger charge is 2.21. The fraction of sp³-hybridized carbons (Fsp3) is 0.857. The number of thioether (sulfide) groups is 1. The normalized spacial score (nSPS) is 20.5. The second kappa shape index (κ2) is 3.97. The smallest absolute Gasteiger partial charge is 0.236 e. The van der Waals surface area contributed by atoms with E-state index < -0.39 is 0 Å². The van der Waals surface area contributed by atoms with Crippen LogP contribution in [-0.2, 0) is 4.79 Å². The molecule has 1 aliphatic rings. The molecular weight excluding hydrogens is 160 g/mol. The van der Waals surface area contributed by atoms with Gasteiger partial charge in [0.1, 0.15) is 0 Å². The molecule has 1 heterocycles. The lowest BCUT2D eigenvalue weighted by atomic mass is 10.2. The molecule has 1 aliphatic heterocycles. The zero-order valence-electron chi connectivity index (χ0n) is 6.89. The molecule has 3 nitrogen and oxygen atoms in total. The van der Waals surface area contributed by atoms with Crippen molar-refractivity contribution in [3.05, 3.63) is 0 Å². The maximum Gasteiger partial charge on any atom is 0.236 e. The van der Waals surface area contributed by atoms with E-state index in [1.54, 1.807) is 7.05 Å². The third kappa shape index (κ3) is 2.38. The highest BCUT2D eigenvalue weighted by molar-refractivity contribution is 8.00. The molecule has 0 saturated carbocycles. The van der Waals surface area contributed by atoms with Gasteiger partial charge >= 0.3 is 0 Å². The van der Waals surface area contributed by atoms with Gasteiger partial charge in [0, 0.05) is 24.6 Å². The van der Waals surface area contributed by atoms with Crippen LogP contribution in [0, 0.1) is 0 Å². The number of amides is 1. The zero-order valence-corrected chi connectivity index (χ0v) is 7.70. The molecule has 0 aliphatic carbocycles. The molecule has 0 aromatic heterocycles. The standard InChI is InChI=1S/C7H14N2OS/c1-5(7(10)8-2)9-6-3-11-4-6/h5-6,9H,3-4H2,1-2H3,(H,8,10)/t5-/m0/s1. The number of hydrogen-bond donors (Lipinski definition) is 2. The molecule has 1 rings (SSSR count). The third-order valence-corrected chi connectivity index (χ3v) is 3.04. The van der Waals surface area contributed by atoms with Gasteiger partial charge in [-0.2, -0.15) is 11.8 Å². The summed E-state index contributed by atoms with van der Waals surface area (Å²) >= 11 is 1.91. The maximum absolute atomic E-state index is 11.0. The summed E-state index contributed by atoms with van der Waals surface area (Å²) in [6.07, 6.45) is 0. The van der Waals surface area contributed by atoms with Gasteiger partial charge in [-0.3, -0.25) is 4.79 Å². The molecule has 1 saturated heterocycles. The van der Waals surface area contributed by atoms with Gasteiger partial charge in [0.05, 0.1) is 6.04 Å². The van der Waals surface area contributed by atoms with E-state index in [9.17, 15) is 4.79 Å². The van der Waals surface area contributed by atoms with Crippen LogP contribution in [-0.4, -0.2) is 36.5 Å². The van der Waals surface area contributed by atoms with Crippen molar-refractivity contribution in [1.82, 2.24) is 10.6 Å². The summed E-state index contributed by atoms with van der Waals surface area (Å²) in [5.41, 5.74) is 0. The first-order chi connectivity index (χ1) is 5.24. The average molecular weight is 174 g/mol. The largest absolute Gasteiger partial charge is 0.358 e. The lowest BCUT2D eigenvalue weighted by Gasteiger charge is -2.28. The lowest BCUT2D eigenvalue weighted by molar-refractivity contribution is -0.122. The first-order valence-electron chi connectivity index (χ1n) is 3.79. The minimum atomic E-state index is -0.0501. The van der Waals surface area contributed by atoms with E-state index in [-0.39, 0.29) is 11.9 Å². The summed E-state index contributed by atoms with van der Waals surface area (Å²) in [7, 11) is 1.66. The van der Waals surface area contributed by atoms with Gasteiger partial charge in [0.15, 0.2) is 0 Å². The van der Waals surface area contributed by atoms with Crippen LogP contribution >= 0.6 is 11.8 Å². The Balaban J connectivity index is 2.18. The van der Waals surface area contributed by atoms with E-state index in [1.165, 1.54) is 0 Å². The molecule has 0 spiro atoms. The molecule has 0 unspecified atom stereocenters. The van der Waals surface area contributed by atoms with Crippen molar-refractivity contribution in [1.29, 1.82) is 0 Å². The second-order valence-electron chi connectivity index (χ2n) is 2.74. The van der Waals surface area contributed by atoms with Gasteiger partial charge in [-0.1, -0.05) is 0 Å². The quantitative estimate of drug-likeness (QED) is 0.624. The molecule has 64 valence electrons. The van der Waals surface area contributed by atoms with Crippen molar-refractivity contribution in [2.75, 3.05) is 18.6 Å². The summed E-state index contributed by atoms with van der Waals surface area (Å²) in [5, 5.41) is 5.84. The number of carbonyl (C=O) groups is 1. The highest BCUT2D eigenvalue weighted by Crippen LogP contribution is 2.17. The summed E-state index contributed by atoms with van der Waals surface area (Å²) in [6.45, 7) is 1.89. The predicted molar refractivity (Wildman–Crippen MR) is 47.8 cm³/mol. The minimum Gasteiger partial charge on any atom is -0.358 e. The van der Waals surface area contributed by atoms with E-state index in [0.717, 1.165) is 11.5 Å². The Morgan fingerprint density at radius 1 is 1.64 bits per heavy atom. The minimum absolute atomic E-state index is 0.0501. The molecule has 1 amide bonds. The number of hydrogen-bond acceptors (Lipinski definition) is 3. The van der Waals surface area contributed by atoms with Gasteiger partial charge in [0.25, 0.3) is 0 Å². The molecule has 1 atom stereocenters. The van der Waals surface area contributed by atoms with Crippen molar-refractivity contribution in [3.8, 4) is 0 Å². The van der Waals surface area contributed by atoms with Crippen molar-refractivity contribution < 1.29 is 4.79 Å². The molecule has 0 radical (unpaired) electrons. The molecule has 2 N–H and O–H groups in total. The average Bonchev–Trinajstić information content (AvgIpc) is 1.94. The van der Waals surface area contributed by atoms with Crippen molar-refractivity contribution in [2.45, 2.75) is 19.0 Å². The Morgan fingerprint density at radius 3 is 2.64 bits per heavy atom. The Bertz CT molecular complexity index is 147. The summed E-state index contributed by atoms with van der Waals surface area (Å²) in [4.78, 5) is 11.0. The highest BCUT2D eigenvalue weighted by atomic mass is 32.2. The van der Waals surface area contributed by atoms with Crippen LogP contribution in [0.2, 0.25) is 0 Å². The number of nitrogens with one attached hydrogen (secondary N) is 2. The van der Waals surface area contributed by atoms with Crippen molar-refractivity contribution in [2.24, 2.45) is 0 Å². The Kier molecular flexibility index (Phi) is 3.20. The third-order valence-electron chi connectivity index (χ3n) is 1.76. The molecule has 0 aromatic carbocycles. The monoisotopic (exact) mass is 174 g/mol. The van der Waals surface area contributed by atoms with E-state index in [2.05, 4.69) is 10.6 Å². The fourth-order valence-corrected chi connectivity index (χ4v) is 1.64. The van der Waals surface area contributed by atoms with Crippen LogP contribution in [0.25, 0.3) is 0 Å². The van der Waals surface area contributed by atoms with Crippen LogP contribution in [0.15, 0.2) is 0 Å². The van der Waals surface area contributed by atoms with Gasteiger partial charge in [-0.15, -0.1) is 0 Å². The van der Waals surface area contributed by atoms with E-state index >= 15 is 0 Å². The number of likely N-dealkylation sites (N-methyl/N-ethyl adjacent to an activating group) is 1. The molecule has 0 aromatic rings. The maximum atomic E-state index is 11.0. The van der Waals surface area contributed by atoms with Gasteiger partial charge < -0.3 is 10.6 Å². The van der Waals surface area contributed by atoms with Crippen LogP contribution in [0.1, 0.15) is 6.92 Å². The lowest BCUT2D eigenvalue weighted by Crippen LogP contribution is -2.50. The van der Waals surface area contributed by atoms with E-state index in [1.807, 2.05) is 18.7 Å². The molecule has 0 bridgehead atoms. The number of rotatable bonds is 3. The van der Waals surface area contributed by atoms with Gasteiger partial charge in [-0.05, 0) is 6.92 Å². The summed E-state index contributed by atoms with van der Waals surface area (Å²) in [6, 6.07) is 0.498.